The van der Waals surface area contributed by atoms with Crippen molar-refractivity contribution in [3.8, 4) is 11.4 Å². The Hall–Kier alpha value is -2.99. The van der Waals surface area contributed by atoms with E-state index in [1.165, 1.54) is 0 Å². The van der Waals surface area contributed by atoms with Crippen molar-refractivity contribution in [1.82, 2.24) is 9.36 Å². The van der Waals surface area contributed by atoms with Gasteiger partial charge in [-0.1, -0.05) is 18.2 Å². The number of aryl methyl sites for hydroxylation is 1. The molecular formula is C24H24N2O3S. The highest BCUT2D eigenvalue weighted by Gasteiger charge is 2.25. The van der Waals surface area contributed by atoms with Crippen molar-refractivity contribution in [1.29, 1.82) is 0 Å². The van der Waals surface area contributed by atoms with Crippen LogP contribution < -0.4 is 10.3 Å². The normalized spacial score (nSPS) is 15.1. The van der Waals surface area contributed by atoms with E-state index in [9.17, 15) is 9.59 Å². The van der Waals surface area contributed by atoms with Crippen LogP contribution in [0.5, 0.6) is 5.75 Å². The molecule has 30 heavy (non-hydrogen) atoms. The molecule has 0 N–H and O–H groups in total. The van der Waals surface area contributed by atoms with E-state index in [2.05, 4.69) is 0 Å². The second-order valence-electron chi connectivity index (χ2n) is 7.28. The quantitative estimate of drug-likeness (QED) is 0.581. The Kier molecular flexibility index (Phi) is 5.68. The lowest BCUT2D eigenvalue weighted by molar-refractivity contribution is 0.102. The third-order valence-electron chi connectivity index (χ3n) is 5.62. The van der Waals surface area contributed by atoms with Gasteiger partial charge < -0.3 is 4.74 Å². The van der Waals surface area contributed by atoms with E-state index >= 15 is 0 Å². The molecule has 1 aliphatic rings. The molecule has 1 aliphatic carbocycles. The van der Waals surface area contributed by atoms with Crippen LogP contribution in [-0.4, -0.2) is 28.5 Å². The molecule has 3 aromatic rings. The fraction of sp³-hybridized carbons (Fsp3) is 0.250. The third-order valence-corrected chi connectivity index (χ3v) is 6.50. The second-order valence-corrected chi connectivity index (χ2v) is 8.18. The van der Waals surface area contributed by atoms with Gasteiger partial charge in [-0.3, -0.25) is 14.3 Å². The van der Waals surface area contributed by atoms with Gasteiger partial charge in [-0.15, -0.1) is 11.8 Å². The van der Waals surface area contributed by atoms with Gasteiger partial charge in [0.15, 0.2) is 5.78 Å². The van der Waals surface area contributed by atoms with E-state index in [1.54, 1.807) is 29.6 Å². The highest BCUT2D eigenvalue weighted by molar-refractivity contribution is 8.02. The van der Waals surface area contributed by atoms with E-state index in [0.29, 0.717) is 12.8 Å². The average Bonchev–Trinajstić information content (AvgIpc) is 3.05. The zero-order valence-corrected chi connectivity index (χ0v) is 18.2. The van der Waals surface area contributed by atoms with E-state index in [-0.39, 0.29) is 11.3 Å². The summed E-state index contributed by atoms with van der Waals surface area (Å²) in [5.41, 5.74) is 4.27. The van der Waals surface area contributed by atoms with Gasteiger partial charge in [-0.25, -0.2) is 4.68 Å². The maximum atomic E-state index is 13.2. The lowest BCUT2D eigenvalue weighted by Crippen LogP contribution is -2.19. The number of ketones is 1. The predicted molar refractivity (Wildman–Crippen MR) is 121 cm³/mol. The van der Waals surface area contributed by atoms with E-state index in [0.717, 1.165) is 45.2 Å². The van der Waals surface area contributed by atoms with E-state index in [1.807, 2.05) is 66.5 Å². The Balaban J connectivity index is 1.69. The van der Waals surface area contributed by atoms with Crippen LogP contribution >= 0.6 is 11.8 Å². The predicted octanol–water partition coefficient (Wildman–Crippen LogP) is 4.17. The Labute approximate surface area is 180 Å². The number of para-hydroxylation sites is 1. The topological polar surface area (TPSA) is 53.2 Å². The fourth-order valence-corrected chi connectivity index (χ4v) is 4.74. The van der Waals surface area contributed by atoms with Crippen LogP contribution in [0.4, 0.5) is 0 Å². The van der Waals surface area contributed by atoms with Gasteiger partial charge in [0.2, 0.25) is 0 Å². The molecule has 154 valence electrons. The first-order valence-corrected chi connectivity index (χ1v) is 11.1. The number of fused-ring (bicyclic) bond motifs is 1. The highest BCUT2D eigenvalue weighted by atomic mass is 32.2. The molecule has 5 nitrogen and oxygen atoms in total. The van der Waals surface area contributed by atoms with Gasteiger partial charge in [-0.2, -0.15) is 0 Å². The molecule has 2 aromatic carbocycles. The zero-order valence-electron chi connectivity index (χ0n) is 17.3. The molecule has 0 radical (unpaired) electrons. The molecular weight excluding hydrogens is 396 g/mol. The van der Waals surface area contributed by atoms with Gasteiger partial charge in [-0.05, 0) is 59.9 Å². The number of methoxy groups -OCH3 is 1. The van der Waals surface area contributed by atoms with Crippen molar-refractivity contribution in [3.05, 3.63) is 92.3 Å². The first-order valence-electron chi connectivity index (χ1n) is 9.84. The SMILES string of the molecule is COc1ccc2c(c1)CC/C(=C(/Cc1cc(=O)n(-c3ccccc3)n1C)SC)C2=O. The number of hydrogen-bond donors (Lipinski definition) is 0. The summed E-state index contributed by atoms with van der Waals surface area (Å²) in [5, 5.41) is 0. The maximum absolute atomic E-state index is 13.2. The number of aromatic nitrogens is 2. The Morgan fingerprint density at radius 1 is 1.07 bits per heavy atom. The summed E-state index contributed by atoms with van der Waals surface area (Å²) in [7, 11) is 3.52. The average molecular weight is 421 g/mol. The van der Waals surface area contributed by atoms with Crippen LogP contribution in [0.2, 0.25) is 0 Å². The minimum atomic E-state index is -0.0726. The van der Waals surface area contributed by atoms with Crippen LogP contribution in [-0.2, 0) is 19.9 Å². The molecule has 0 saturated heterocycles. The van der Waals surface area contributed by atoms with Gasteiger partial charge in [0.1, 0.15) is 5.75 Å². The van der Waals surface area contributed by atoms with Gasteiger partial charge in [0.25, 0.3) is 5.56 Å². The summed E-state index contributed by atoms with van der Waals surface area (Å²) in [6.07, 6.45) is 4.05. The number of thioether (sulfide) groups is 1. The minimum absolute atomic E-state index is 0.0726. The minimum Gasteiger partial charge on any atom is -0.497 e. The lowest BCUT2D eigenvalue weighted by atomic mass is 9.86. The fourth-order valence-electron chi connectivity index (χ4n) is 4.00. The first-order chi connectivity index (χ1) is 14.5. The Morgan fingerprint density at radius 2 is 1.83 bits per heavy atom. The molecule has 0 fully saturated rings. The van der Waals surface area contributed by atoms with Crippen LogP contribution in [0.25, 0.3) is 5.69 Å². The number of nitrogens with zero attached hydrogens (tertiary/aromatic N) is 2. The number of Topliss-reactive ketones (excluding diaryl/α,β-unsaturated/α-hetero) is 1. The summed E-state index contributed by atoms with van der Waals surface area (Å²) in [6.45, 7) is 0. The molecule has 0 saturated carbocycles. The van der Waals surface area contributed by atoms with Crippen LogP contribution in [0.1, 0.15) is 28.0 Å². The first kappa shape index (κ1) is 20.3. The summed E-state index contributed by atoms with van der Waals surface area (Å²) < 4.78 is 8.82. The van der Waals surface area contributed by atoms with Crippen molar-refractivity contribution < 1.29 is 9.53 Å². The zero-order chi connectivity index (χ0) is 21.3. The molecule has 6 heteroatoms. The summed E-state index contributed by atoms with van der Waals surface area (Å²) in [4.78, 5) is 26.9. The molecule has 1 aromatic heterocycles. The summed E-state index contributed by atoms with van der Waals surface area (Å²) in [6, 6.07) is 16.9. The monoisotopic (exact) mass is 420 g/mol. The molecule has 0 aliphatic heterocycles. The standard InChI is InChI=1S/C24H24N2O3S/c1-25-18(15-23(27)26(25)17-7-5-4-6-8-17)14-22(30-3)21-11-9-16-13-19(29-2)10-12-20(16)24(21)28/h4-8,10,12-13,15H,9,11,14H2,1-3H3/b22-21+. The highest BCUT2D eigenvalue weighted by Crippen LogP contribution is 2.33. The molecule has 4 rings (SSSR count). The largest absolute Gasteiger partial charge is 0.497 e. The van der Waals surface area contributed by atoms with Gasteiger partial charge >= 0.3 is 0 Å². The number of benzene rings is 2. The molecule has 0 bridgehead atoms. The molecule has 1 heterocycles. The summed E-state index contributed by atoms with van der Waals surface area (Å²) >= 11 is 1.59. The number of carbonyl (C=O) groups excluding carboxylic acids is 1. The number of hydrogen-bond acceptors (Lipinski definition) is 4. The molecule has 0 atom stereocenters. The van der Waals surface area contributed by atoms with Crippen LogP contribution in [0.3, 0.4) is 0 Å². The number of carbonyl (C=O) groups is 1. The number of rotatable bonds is 5. The Morgan fingerprint density at radius 3 is 2.53 bits per heavy atom. The van der Waals surface area contributed by atoms with Crippen molar-refractivity contribution in [2.24, 2.45) is 7.05 Å². The number of allylic oxidation sites excluding steroid dienone is 2. The van der Waals surface area contributed by atoms with E-state index < -0.39 is 0 Å². The van der Waals surface area contributed by atoms with E-state index in [4.69, 9.17) is 4.74 Å². The Bertz CT molecular complexity index is 1190. The molecule has 0 amide bonds. The van der Waals surface area contributed by atoms with Crippen LogP contribution in [0, 0.1) is 0 Å². The molecule has 0 unspecified atom stereocenters. The molecule has 0 spiro atoms. The third kappa shape index (κ3) is 3.63. The second kappa shape index (κ2) is 8.40. The van der Waals surface area contributed by atoms with Crippen molar-refractivity contribution in [2.45, 2.75) is 19.3 Å². The van der Waals surface area contributed by atoms with Gasteiger partial charge in [0.05, 0.1) is 12.8 Å². The maximum Gasteiger partial charge on any atom is 0.271 e. The van der Waals surface area contributed by atoms with Gasteiger partial charge in [0, 0.05) is 36.4 Å². The number of ether oxygens (including phenoxy) is 1. The summed E-state index contributed by atoms with van der Waals surface area (Å²) in [5.74, 6) is 0.854. The smallest absolute Gasteiger partial charge is 0.271 e. The van der Waals surface area contributed by atoms with Crippen molar-refractivity contribution >= 4 is 17.5 Å². The lowest BCUT2D eigenvalue weighted by Gasteiger charge is -2.21. The van der Waals surface area contributed by atoms with Crippen molar-refractivity contribution in [2.75, 3.05) is 13.4 Å². The van der Waals surface area contributed by atoms with Crippen LogP contribution in [0.15, 0.2) is 69.9 Å². The van der Waals surface area contributed by atoms with Crippen molar-refractivity contribution in [3.63, 3.8) is 0 Å².